The van der Waals surface area contributed by atoms with Crippen LogP contribution in [-0.4, -0.2) is 39.8 Å². The molecule has 2 heterocycles. The van der Waals surface area contributed by atoms with Gasteiger partial charge in [0.15, 0.2) is 0 Å². The second-order valence-electron chi connectivity index (χ2n) is 9.99. The maximum atomic E-state index is 13.0. The number of carbonyl (C=O) groups excluding carboxylic acids is 2. The summed E-state index contributed by atoms with van der Waals surface area (Å²) in [4.78, 5) is 29.8. The lowest BCUT2D eigenvalue weighted by molar-refractivity contribution is -0.0276. The normalized spacial score (nSPS) is 17.4. The summed E-state index contributed by atoms with van der Waals surface area (Å²) in [7, 11) is 0. The molecule has 4 aromatic rings. The monoisotopic (exact) mass is 554 g/mol. The Labute approximate surface area is 224 Å². The molecule has 1 fully saturated rings. The van der Waals surface area contributed by atoms with Crippen LogP contribution in [0.15, 0.2) is 89.4 Å². The van der Waals surface area contributed by atoms with Gasteiger partial charge < -0.3 is 5.11 Å². The van der Waals surface area contributed by atoms with Gasteiger partial charge in [0.2, 0.25) is 0 Å². The van der Waals surface area contributed by atoms with E-state index in [4.69, 9.17) is 0 Å². The van der Waals surface area contributed by atoms with Crippen molar-refractivity contribution in [2.45, 2.75) is 31.5 Å². The van der Waals surface area contributed by atoms with Crippen molar-refractivity contribution in [3.05, 3.63) is 117 Å². The van der Waals surface area contributed by atoms with E-state index in [1.165, 1.54) is 10.5 Å². The molecule has 0 aromatic heterocycles. The smallest absolute Gasteiger partial charge is 0.261 e. The van der Waals surface area contributed by atoms with Crippen molar-refractivity contribution in [1.82, 2.24) is 9.80 Å². The zero-order chi connectivity index (χ0) is 25.6. The maximum absolute atomic E-state index is 13.0. The maximum Gasteiger partial charge on any atom is 0.261 e. The van der Waals surface area contributed by atoms with E-state index >= 15 is 0 Å². The van der Waals surface area contributed by atoms with E-state index in [9.17, 15) is 14.7 Å². The molecule has 1 N–H and O–H groups in total. The van der Waals surface area contributed by atoms with Crippen molar-refractivity contribution in [3.63, 3.8) is 0 Å². The van der Waals surface area contributed by atoms with Gasteiger partial charge in [-0.3, -0.25) is 19.4 Å². The summed E-state index contributed by atoms with van der Waals surface area (Å²) < 4.78 is 1.00. The average Bonchev–Trinajstić information content (AvgIpc) is 3.15. The van der Waals surface area contributed by atoms with Crippen molar-refractivity contribution in [1.29, 1.82) is 0 Å². The van der Waals surface area contributed by atoms with Gasteiger partial charge in [-0.05, 0) is 64.6 Å². The Kier molecular flexibility index (Phi) is 6.19. The topological polar surface area (TPSA) is 60.9 Å². The van der Waals surface area contributed by atoms with Crippen molar-refractivity contribution in [2.75, 3.05) is 13.1 Å². The summed E-state index contributed by atoms with van der Waals surface area (Å²) in [6, 6.07) is 27.3. The first-order valence-electron chi connectivity index (χ1n) is 12.6. The molecular weight excluding hydrogens is 528 g/mol. The molecule has 2 aliphatic heterocycles. The van der Waals surface area contributed by atoms with Crippen LogP contribution in [-0.2, 0) is 18.7 Å². The van der Waals surface area contributed by atoms with Crippen LogP contribution in [0.25, 0.3) is 10.8 Å². The fourth-order valence-corrected chi connectivity index (χ4v) is 5.95. The number of rotatable bonds is 5. The van der Waals surface area contributed by atoms with Crippen LogP contribution in [0, 0.1) is 0 Å². The second-order valence-corrected chi connectivity index (χ2v) is 10.9. The van der Waals surface area contributed by atoms with Crippen LogP contribution in [0.4, 0.5) is 0 Å². The Morgan fingerprint density at radius 2 is 1.30 bits per heavy atom. The Balaban J connectivity index is 1.24. The lowest BCUT2D eigenvalue weighted by atomic mass is 9.84. The zero-order valence-electron chi connectivity index (χ0n) is 20.4. The highest BCUT2D eigenvalue weighted by Crippen LogP contribution is 2.35. The summed E-state index contributed by atoms with van der Waals surface area (Å²) >= 11 is 3.47. The average molecular weight is 555 g/mol. The lowest BCUT2D eigenvalue weighted by Gasteiger charge is -2.38. The summed E-state index contributed by atoms with van der Waals surface area (Å²) in [6.07, 6.45) is 1.34. The van der Waals surface area contributed by atoms with Crippen molar-refractivity contribution in [3.8, 4) is 0 Å². The molecule has 0 unspecified atom stereocenters. The number of carbonyl (C=O) groups is 2. The van der Waals surface area contributed by atoms with E-state index < -0.39 is 5.60 Å². The number of nitrogens with zero attached hydrogens (tertiary/aromatic N) is 2. The molecule has 0 radical (unpaired) electrons. The number of aliphatic hydroxyl groups is 1. The molecule has 0 spiro atoms. The van der Waals surface area contributed by atoms with E-state index in [0.29, 0.717) is 24.0 Å². The third-order valence-electron chi connectivity index (χ3n) is 7.74. The van der Waals surface area contributed by atoms with Gasteiger partial charge in [-0.1, -0.05) is 76.6 Å². The minimum absolute atomic E-state index is 0.238. The van der Waals surface area contributed by atoms with E-state index in [-0.39, 0.29) is 18.4 Å². The number of likely N-dealkylation sites (tertiary alicyclic amines) is 1. The van der Waals surface area contributed by atoms with E-state index in [2.05, 4.69) is 45.1 Å². The number of hydrogen-bond acceptors (Lipinski definition) is 4. The number of halogens is 1. The Morgan fingerprint density at radius 3 is 1.89 bits per heavy atom. The molecule has 0 aliphatic carbocycles. The molecule has 6 rings (SSSR count). The number of amides is 2. The number of imide groups is 1. The standard InChI is InChI=1S/C31H27BrN2O3/c32-25-13-11-24(12-14-25)31(37)15-17-33(18-16-31)19-22-7-3-5-21-6-4-8-23(28(21)22)20-34-29(35)26-9-1-2-10-27(26)30(34)36/h1-14,37H,15-20H2. The first-order valence-corrected chi connectivity index (χ1v) is 13.4. The SMILES string of the molecule is O=C1c2ccccc2C(=O)N1Cc1cccc2cccc(CN3CCC(O)(c4ccc(Br)cc4)CC3)c12. The largest absolute Gasteiger partial charge is 0.385 e. The van der Waals surface area contributed by atoms with Gasteiger partial charge in [-0.25, -0.2) is 0 Å². The molecule has 0 bridgehead atoms. The van der Waals surface area contributed by atoms with Crippen LogP contribution in [0.5, 0.6) is 0 Å². The highest BCUT2D eigenvalue weighted by atomic mass is 79.9. The van der Waals surface area contributed by atoms with Crippen molar-refractivity contribution >= 4 is 38.5 Å². The van der Waals surface area contributed by atoms with Crippen LogP contribution >= 0.6 is 15.9 Å². The number of fused-ring (bicyclic) bond motifs is 2. The van der Waals surface area contributed by atoms with Crippen molar-refractivity contribution < 1.29 is 14.7 Å². The molecular formula is C31H27BrN2O3. The summed E-state index contributed by atoms with van der Waals surface area (Å²) in [5.41, 5.74) is 3.22. The molecule has 0 saturated carbocycles. The van der Waals surface area contributed by atoms with Crippen LogP contribution in [0.2, 0.25) is 0 Å². The number of benzene rings is 4. The van der Waals surface area contributed by atoms with Gasteiger partial charge in [0.25, 0.3) is 11.8 Å². The molecule has 2 amide bonds. The van der Waals surface area contributed by atoms with Crippen molar-refractivity contribution in [2.24, 2.45) is 0 Å². The van der Waals surface area contributed by atoms with Gasteiger partial charge >= 0.3 is 0 Å². The molecule has 5 nitrogen and oxygen atoms in total. The molecule has 186 valence electrons. The molecule has 37 heavy (non-hydrogen) atoms. The molecule has 1 saturated heterocycles. The second kappa shape index (κ2) is 9.53. The van der Waals surface area contributed by atoms with Gasteiger partial charge in [0, 0.05) is 24.1 Å². The van der Waals surface area contributed by atoms with E-state index in [0.717, 1.165) is 46.0 Å². The number of hydrogen-bond donors (Lipinski definition) is 1. The Hall–Kier alpha value is -3.32. The highest BCUT2D eigenvalue weighted by Gasteiger charge is 2.36. The first-order chi connectivity index (χ1) is 17.9. The first kappa shape index (κ1) is 24.0. The molecule has 4 aromatic carbocycles. The third-order valence-corrected chi connectivity index (χ3v) is 8.27. The van der Waals surface area contributed by atoms with Crippen LogP contribution in [0.1, 0.15) is 50.2 Å². The minimum Gasteiger partial charge on any atom is -0.385 e. The zero-order valence-corrected chi connectivity index (χ0v) is 21.9. The number of piperidine rings is 1. The van der Waals surface area contributed by atoms with Gasteiger partial charge in [0.05, 0.1) is 23.3 Å². The fraction of sp³-hybridized carbons (Fsp3) is 0.226. The quantitative estimate of drug-likeness (QED) is 0.313. The summed E-state index contributed by atoms with van der Waals surface area (Å²) in [5, 5.41) is 13.5. The Bertz CT molecular complexity index is 1470. The predicted molar refractivity (Wildman–Crippen MR) is 147 cm³/mol. The molecule has 6 heteroatoms. The Morgan fingerprint density at radius 1 is 0.730 bits per heavy atom. The van der Waals surface area contributed by atoms with Gasteiger partial charge in [0.1, 0.15) is 0 Å². The summed E-state index contributed by atoms with van der Waals surface area (Å²) in [6.45, 7) is 2.55. The lowest BCUT2D eigenvalue weighted by Crippen LogP contribution is -2.42. The fourth-order valence-electron chi connectivity index (χ4n) is 5.69. The van der Waals surface area contributed by atoms with Gasteiger partial charge in [-0.2, -0.15) is 0 Å². The van der Waals surface area contributed by atoms with Crippen LogP contribution in [0.3, 0.4) is 0 Å². The summed E-state index contributed by atoms with van der Waals surface area (Å²) in [5.74, 6) is -0.475. The van der Waals surface area contributed by atoms with E-state index in [1.807, 2.05) is 36.4 Å². The van der Waals surface area contributed by atoms with Gasteiger partial charge in [-0.15, -0.1) is 0 Å². The minimum atomic E-state index is -0.813. The predicted octanol–water partition coefficient (Wildman–Crippen LogP) is 5.88. The highest BCUT2D eigenvalue weighted by molar-refractivity contribution is 9.10. The molecule has 0 atom stereocenters. The van der Waals surface area contributed by atoms with E-state index in [1.54, 1.807) is 24.3 Å². The molecule has 2 aliphatic rings. The third kappa shape index (κ3) is 4.39. The van der Waals surface area contributed by atoms with Crippen LogP contribution < -0.4 is 0 Å².